The number of nitrogens with zero attached hydrogens (tertiary/aromatic N) is 3. The van der Waals surface area contributed by atoms with Gasteiger partial charge in [-0.2, -0.15) is 5.26 Å². The van der Waals surface area contributed by atoms with Gasteiger partial charge in [0.1, 0.15) is 6.07 Å². The van der Waals surface area contributed by atoms with Crippen molar-refractivity contribution < 1.29 is 4.79 Å². The number of amides is 1. The van der Waals surface area contributed by atoms with Crippen molar-refractivity contribution in [2.45, 2.75) is 6.42 Å². The number of hydrogen-bond acceptors (Lipinski definition) is 3. The van der Waals surface area contributed by atoms with Crippen LogP contribution in [0.1, 0.15) is 11.1 Å². The molecule has 1 aromatic carbocycles. The first-order valence-corrected chi connectivity index (χ1v) is 5.94. The van der Waals surface area contributed by atoms with Gasteiger partial charge in [0.05, 0.1) is 12.0 Å². The van der Waals surface area contributed by atoms with E-state index in [9.17, 15) is 4.79 Å². The lowest BCUT2D eigenvalue weighted by Gasteiger charge is -2.11. The van der Waals surface area contributed by atoms with Gasteiger partial charge in [-0.1, -0.05) is 6.07 Å². The van der Waals surface area contributed by atoms with Crippen LogP contribution in [0.25, 0.3) is 11.1 Å². The smallest absolute Gasteiger partial charge is 0.231 e. The van der Waals surface area contributed by atoms with Crippen LogP contribution in [0.3, 0.4) is 0 Å². The molecule has 0 saturated heterocycles. The average molecular weight is 249 g/mol. The van der Waals surface area contributed by atoms with Crippen molar-refractivity contribution in [2.24, 2.45) is 0 Å². The number of carbonyl (C=O) groups excluding carboxylic acids is 1. The summed E-state index contributed by atoms with van der Waals surface area (Å²) in [6.07, 6.45) is 3.65. The molecule has 3 rings (SSSR count). The van der Waals surface area contributed by atoms with Crippen molar-refractivity contribution >= 4 is 11.6 Å². The number of benzene rings is 1. The summed E-state index contributed by atoms with van der Waals surface area (Å²) in [5.74, 6) is 0.0994. The number of nitriles is 1. The first-order chi connectivity index (χ1) is 9.20. The highest BCUT2D eigenvalue weighted by atomic mass is 16.2. The van der Waals surface area contributed by atoms with E-state index in [4.69, 9.17) is 5.26 Å². The molecule has 0 N–H and O–H groups in total. The summed E-state index contributed by atoms with van der Waals surface area (Å²) in [4.78, 5) is 17.3. The molecule has 1 aromatic heterocycles. The number of carbonyl (C=O) groups is 1. The van der Waals surface area contributed by atoms with E-state index in [1.165, 1.54) is 0 Å². The third kappa shape index (κ3) is 1.76. The van der Waals surface area contributed by atoms with E-state index in [-0.39, 0.29) is 5.91 Å². The second kappa shape index (κ2) is 4.21. The molecule has 1 aliphatic heterocycles. The minimum Gasteiger partial charge on any atom is -0.315 e. The summed E-state index contributed by atoms with van der Waals surface area (Å²) in [7, 11) is 1.78. The monoisotopic (exact) mass is 249 g/mol. The molecule has 0 spiro atoms. The Morgan fingerprint density at radius 1 is 1.37 bits per heavy atom. The Kier molecular flexibility index (Phi) is 2.53. The Morgan fingerprint density at radius 3 is 3.00 bits per heavy atom. The lowest BCUT2D eigenvalue weighted by atomic mass is 9.99. The van der Waals surface area contributed by atoms with Crippen molar-refractivity contribution in [3.05, 3.63) is 47.8 Å². The lowest BCUT2D eigenvalue weighted by Crippen LogP contribution is -2.20. The topological polar surface area (TPSA) is 57.0 Å². The number of fused-ring (bicyclic) bond motifs is 1. The Labute approximate surface area is 110 Å². The molecule has 1 aliphatic rings. The second-order valence-corrected chi connectivity index (χ2v) is 4.51. The fourth-order valence-corrected chi connectivity index (χ4v) is 2.37. The van der Waals surface area contributed by atoms with Crippen LogP contribution in [0.15, 0.2) is 36.7 Å². The van der Waals surface area contributed by atoms with Crippen LogP contribution in [0.2, 0.25) is 0 Å². The fourth-order valence-electron chi connectivity index (χ4n) is 2.37. The van der Waals surface area contributed by atoms with Crippen LogP contribution in [0.5, 0.6) is 0 Å². The molecule has 0 fully saturated rings. The molecule has 1 amide bonds. The van der Waals surface area contributed by atoms with Gasteiger partial charge in [0.2, 0.25) is 5.91 Å². The number of anilines is 1. The highest BCUT2D eigenvalue weighted by Crippen LogP contribution is 2.32. The third-order valence-electron chi connectivity index (χ3n) is 3.41. The summed E-state index contributed by atoms with van der Waals surface area (Å²) in [6.45, 7) is 0. The number of hydrogen-bond donors (Lipinski definition) is 0. The van der Waals surface area contributed by atoms with Gasteiger partial charge >= 0.3 is 0 Å². The lowest BCUT2D eigenvalue weighted by molar-refractivity contribution is -0.117. The molecule has 19 heavy (non-hydrogen) atoms. The standard InChI is InChI=1S/C15H11N3O/c1-18-14-3-2-10(6-11(14)7-15(18)19)13-4-5-17-9-12(13)8-16/h2-6,9H,7H2,1H3. The van der Waals surface area contributed by atoms with Crippen LogP contribution in [0.4, 0.5) is 5.69 Å². The van der Waals surface area contributed by atoms with Crippen LogP contribution >= 0.6 is 0 Å². The van der Waals surface area contributed by atoms with Gasteiger partial charge in [-0.25, -0.2) is 0 Å². The van der Waals surface area contributed by atoms with Gasteiger partial charge in [0, 0.05) is 30.7 Å². The highest BCUT2D eigenvalue weighted by Gasteiger charge is 2.24. The van der Waals surface area contributed by atoms with E-state index < -0.39 is 0 Å². The maximum atomic E-state index is 11.7. The summed E-state index contributed by atoms with van der Waals surface area (Å²) < 4.78 is 0. The molecular formula is C15H11N3O. The van der Waals surface area contributed by atoms with Gasteiger partial charge in [0.15, 0.2) is 0 Å². The van der Waals surface area contributed by atoms with Crippen molar-refractivity contribution in [3.63, 3.8) is 0 Å². The van der Waals surface area contributed by atoms with E-state index in [0.29, 0.717) is 12.0 Å². The summed E-state index contributed by atoms with van der Waals surface area (Å²) in [5, 5.41) is 9.10. The normalized spacial score (nSPS) is 13.3. The van der Waals surface area contributed by atoms with Crippen LogP contribution in [-0.2, 0) is 11.2 Å². The van der Waals surface area contributed by atoms with E-state index in [1.54, 1.807) is 24.3 Å². The zero-order valence-corrected chi connectivity index (χ0v) is 10.4. The number of likely N-dealkylation sites (N-methyl/N-ethyl adjacent to an activating group) is 1. The molecule has 0 atom stereocenters. The molecule has 92 valence electrons. The van der Waals surface area contributed by atoms with Gasteiger partial charge in [0.25, 0.3) is 0 Å². The summed E-state index contributed by atoms with van der Waals surface area (Å²) in [5.41, 5.74) is 4.29. The third-order valence-corrected chi connectivity index (χ3v) is 3.41. The van der Waals surface area contributed by atoms with E-state index >= 15 is 0 Å². The minimum atomic E-state index is 0.0994. The van der Waals surface area contributed by atoms with Crippen LogP contribution < -0.4 is 4.90 Å². The first kappa shape index (κ1) is 11.4. The maximum Gasteiger partial charge on any atom is 0.231 e. The fraction of sp³-hybridized carbons (Fsp3) is 0.133. The van der Waals surface area contributed by atoms with E-state index in [1.807, 2.05) is 24.3 Å². The Bertz CT molecular complexity index is 716. The Hall–Kier alpha value is -2.67. The molecule has 4 heteroatoms. The quantitative estimate of drug-likeness (QED) is 0.778. The SMILES string of the molecule is CN1C(=O)Cc2cc(-c3ccncc3C#N)ccc21. The van der Waals surface area contributed by atoms with E-state index in [0.717, 1.165) is 22.4 Å². The van der Waals surface area contributed by atoms with Crippen molar-refractivity contribution in [1.82, 2.24) is 4.98 Å². The van der Waals surface area contributed by atoms with Crippen LogP contribution in [0, 0.1) is 11.3 Å². The molecule has 0 saturated carbocycles. The second-order valence-electron chi connectivity index (χ2n) is 4.51. The zero-order valence-electron chi connectivity index (χ0n) is 10.4. The Balaban J connectivity index is 2.12. The number of rotatable bonds is 1. The molecule has 2 aromatic rings. The predicted octanol–water partition coefficient (Wildman–Crippen LogP) is 2.14. The molecular weight excluding hydrogens is 238 g/mol. The summed E-state index contributed by atoms with van der Waals surface area (Å²) >= 11 is 0. The van der Waals surface area contributed by atoms with Crippen molar-refractivity contribution in [2.75, 3.05) is 11.9 Å². The average Bonchev–Trinajstić information content (AvgIpc) is 2.73. The molecule has 0 bridgehead atoms. The minimum absolute atomic E-state index is 0.0994. The Morgan fingerprint density at radius 2 is 2.21 bits per heavy atom. The van der Waals surface area contributed by atoms with Gasteiger partial charge < -0.3 is 4.90 Å². The number of aromatic nitrogens is 1. The number of pyridine rings is 1. The molecule has 4 nitrogen and oxygen atoms in total. The van der Waals surface area contributed by atoms with Crippen LogP contribution in [-0.4, -0.2) is 17.9 Å². The summed E-state index contributed by atoms with van der Waals surface area (Å²) in [6, 6.07) is 9.80. The highest BCUT2D eigenvalue weighted by molar-refractivity contribution is 6.01. The zero-order chi connectivity index (χ0) is 13.4. The van der Waals surface area contributed by atoms with Gasteiger partial charge in [-0.15, -0.1) is 0 Å². The first-order valence-electron chi connectivity index (χ1n) is 5.94. The van der Waals surface area contributed by atoms with Crippen molar-refractivity contribution in [3.8, 4) is 17.2 Å². The molecule has 0 aliphatic carbocycles. The van der Waals surface area contributed by atoms with Gasteiger partial charge in [-0.3, -0.25) is 9.78 Å². The molecule has 2 heterocycles. The maximum absolute atomic E-state index is 11.7. The molecule has 0 radical (unpaired) electrons. The van der Waals surface area contributed by atoms with E-state index in [2.05, 4.69) is 11.1 Å². The largest absolute Gasteiger partial charge is 0.315 e. The van der Waals surface area contributed by atoms with Crippen molar-refractivity contribution in [1.29, 1.82) is 5.26 Å². The molecule has 0 unspecified atom stereocenters. The predicted molar refractivity (Wildman–Crippen MR) is 71.5 cm³/mol. The van der Waals surface area contributed by atoms with Gasteiger partial charge in [-0.05, 0) is 29.3 Å².